The van der Waals surface area contributed by atoms with Gasteiger partial charge in [-0.2, -0.15) is 13.2 Å². The van der Waals surface area contributed by atoms with Gasteiger partial charge in [0.05, 0.1) is 26.9 Å². The van der Waals surface area contributed by atoms with E-state index in [2.05, 4.69) is 15.2 Å². The number of nitrogens with two attached hydrogens (primary N) is 1. The lowest BCUT2D eigenvalue weighted by Crippen LogP contribution is -2.39. The Bertz CT molecular complexity index is 641. The summed E-state index contributed by atoms with van der Waals surface area (Å²) in [5.74, 6) is 0.564. The van der Waals surface area contributed by atoms with E-state index in [9.17, 15) is 13.2 Å². The van der Waals surface area contributed by atoms with Gasteiger partial charge in [0.1, 0.15) is 0 Å². The van der Waals surface area contributed by atoms with Gasteiger partial charge in [-0.05, 0) is 30.7 Å². The Morgan fingerprint density at radius 2 is 2.00 bits per heavy atom. The van der Waals surface area contributed by atoms with Gasteiger partial charge in [-0.15, -0.1) is 24.0 Å². The van der Waals surface area contributed by atoms with Gasteiger partial charge in [0.25, 0.3) is 0 Å². The maximum atomic E-state index is 12.3. The number of alkyl halides is 3. The van der Waals surface area contributed by atoms with Gasteiger partial charge in [0, 0.05) is 19.6 Å². The maximum absolute atomic E-state index is 12.3. The van der Waals surface area contributed by atoms with E-state index >= 15 is 0 Å². The Hall–Kier alpha value is -1.47. The van der Waals surface area contributed by atoms with E-state index < -0.39 is 12.8 Å². The number of nitrogens with one attached hydrogen (secondary N) is 1. The van der Waals surface area contributed by atoms with Crippen molar-refractivity contribution in [2.24, 2.45) is 10.7 Å². The molecule has 2 rings (SSSR count). The predicted octanol–water partition coefficient (Wildman–Crippen LogP) is 2.38. The molecule has 1 aliphatic rings. The molecule has 0 spiro atoms. The highest BCUT2D eigenvalue weighted by atomic mass is 127. The summed E-state index contributed by atoms with van der Waals surface area (Å²) < 4.78 is 52.0. The molecule has 1 aromatic carbocycles. The molecule has 0 atom stereocenters. The first kappa shape index (κ1) is 25.6. The highest BCUT2D eigenvalue weighted by Crippen LogP contribution is 2.30. The van der Waals surface area contributed by atoms with Crippen molar-refractivity contribution in [1.82, 2.24) is 10.2 Å². The number of aliphatic imine (C=N–C) groups is 1. The molecule has 7 nitrogen and oxygen atoms in total. The fourth-order valence-corrected chi connectivity index (χ4v) is 2.67. The van der Waals surface area contributed by atoms with Gasteiger partial charge < -0.3 is 25.3 Å². The summed E-state index contributed by atoms with van der Waals surface area (Å²) in [5, 5.41) is 3.06. The van der Waals surface area contributed by atoms with Crippen molar-refractivity contribution in [3.8, 4) is 11.5 Å². The average molecular weight is 532 g/mol. The van der Waals surface area contributed by atoms with Crippen LogP contribution < -0.4 is 20.5 Å². The minimum Gasteiger partial charge on any atom is -0.493 e. The van der Waals surface area contributed by atoms with Crippen LogP contribution in [0.5, 0.6) is 11.5 Å². The molecule has 1 heterocycles. The van der Waals surface area contributed by atoms with Crippen molar-refractivity contribution < 1.29 is 27.4 Å². The molecule has 1 aliphatic heterocycles. The van der Waals surface area contributed by atoms with Gasteiger partial charge in [0.2, 0.25) is 0 Å². The summed E-state index contributed by atoms with van der Waals surface area (Å²) >= 11 is 0. The number of methoxy groups -OCH3 is 1. The van der Waals surface area contributed by atoms with E-state index in [1.807, 2.05) is 0 Å². The molecule has 1 fully saturated rings. The first-order chi connectivity index (χ1) is 13.4. The van der Waals surface area contributed by atoms with Crippen LogP contribution in [0.4, 0.5) is 13.2 Å². The van der Waals surface area contributed by atoms with Gasteiger partial charge >= 0.3 is 6.18 Å². The van der Waals surface area contributed by atoms with Crippen LogP contribution >= 0.6 is 24.0 Å². The lowest BCUT2D eigenvalue weighted by atomic mass is 10.2. The average Bonchev–Trinajstić information content (AvgIpc) is 2.68. The lowest BCUT2D eigenvalue weighted by molar-refractivity contribution is -0.153. The summed E-state index contributed by atoms with van der Waals surface area (Å²) in [6.45, 7) is 4.05. The number of rotatable bonds is 9. The molecule has 0 bridgehead atoms. The topological polar surface area (TPSA) is 81.3 Å². The highest BCUT2D eigenvalue weighted by Gasteiger charge is 2.29. The summed E-state index contributed by atoms with van der Waals surface area (Å²) in [6, 6.07) is 4.64. The van der Waals surface area contributed by atoms with Crippen molar-refractivity contribution in [3.05, 3.63) is 23.8 Å². The molecule has 166 valence electrons. The normalized spacial score (nSPS) is 15.5. The van der Waals surface area contributed by atoms with E-state index in [-0.39, 0.29) is 42.0 Å². The quantitative estimate of drug-likeness (QED) is 0.220. The van der Waals surface area contributed by atoms with Crippen molar-refractivity contribution in [2.75, 3.05) is 53.1 Å². The number of nitrogens with zero attached hydrogens (tertiary/aromatic N) is 2. The minimum atomic E-state index is -4.41. The monoisotopic (exact) mass is 532 g/mol. The van der Waals surface area contributed by atoms with Crippen LogP contribution in [0.2, 0.25) is 0 Å². The number of guanidine groups is 1. The number of benzene rings is 1. The second kappa shape index (κ2) is 13.0. The third-order valence-corrected chi connectivity index (χ3v) is 4.11. The molecule has 0 aromatic heterocycles. The summed E-state index contributed by atoms with van der Waals surface area (Å²) in [6.07, 6.45) is -3.47. The van der Waals surface area contributed by atoms with E-state index in [4.69, 9.17) is 19.9 Å². The van der Waals surface area contributed by atoms with Crippen LogP contribution in [0.3, 0.4) is 0 Å². The largest absolute Gasteiger partial charge is 0.493 e. The second-order valence-corrected chi connectivity index (χ2v) is 6.32. The molecule has 11 heteroatoms. The van der Waals surface area contributed by atoms with E-state index in [1.54, 1.807) is 12.1 Å². The van der Waals surface area contributed by atoms with Crippen LogP contribution in [0, 0.1) is 0 Å². The van der Waals surface area contributed by atoms with Crippen LogP contribution in [-0.2, 0) is 11.3 Å². The number of hydrogen-bond acceptors (Lipinski definition) is 5. The Morgan fingerprint density at radius 1 is 1.28 bits per heavy atom. The molecule has 0 aliphatic carbocycles. The Kier molecular flexibility index (Phi) is 11.4. The van der Waals surface area contributed by atoms with Gasteiger partial charge in [-0.25, -0.2) is 4.99 Å². The standard InChI is InChI=1S/C18H27F3N4O3.HI/c1-26-16-11-14(3-4-15(16)28-13-18(19,20)21)12-24-17(22)23-5-2-6-25-7-9-27-10-8-25;/h3-4,11H,2,5-10,12-13H2,1H3,(H3,22,23,24);1H. The second-order valence-electron chi connectivity index (χ2n) is 6.32. The van der Waals surface area contributed by atoms with Crippen LogP contribution in [-0.4, -0.2) is 70.1 Å². The zero-order valence-electron chi connectivity index (χ0n) is 16.3. The smallest absolute Gasteiger partial charge is 0.422 e. The molecule has 0 radical (unpaired) electrons. The molecule has 1 aromatic rings. The van der Waals surface area contributed by atoms with Crippen LogP contribution in [0.15, 0.2) is 23.2 Å². The summed E-state index contributed by atoms with van der Waals surface area (Å²) in [4.78, 5) is 6.58. The Morgan fingerprint density at radius 3 is 2.66 bits per heavy atom. The van der Waals surface area contributed by atoms with E-state index in [1.165, 1.54) is 13.2 Å². The van der Waals surface area contributed by atoms with Gasteiger partial charge in [-0.3, -0.25) is 4.90 Å². The predicted molar refractivity (Wildman–Crippen MR) is 115 cm³/mol. The fraction of sp³-hybridized carbons (Fsp3) is 0.611. The molecule has 1 saturated heterocycles. The number of halogens is 4. The van der Waals surface area contributed by atoms with Crippen LogP contribution in [0.1, 0.15) is 12.0 Å². The molecular weight excluding hydrogens is 504 g/mol. The molecular formula is C18H28F3IN4O3. The van der Waals surface area contributed by atoms with Crippen molar-refractivity contribution in [1.29, 1.82) is 0 Å². The summed E-state index contributed by atoms with van der Waals surface area (Å²) in [5.41, 5.74) is 6.61. The SMILES string of the molecule is COc1cc(CN=C(N)NCCCN2CCOCC2)ccc1OCC(F)(F)F.I. The van der Waals surface area contributed by atoms with E-state index in [0.717, 1.165) is 44.8 Å². The van der Waals surface area contributed by atoms with E-state index in [0.29, 0.717) is 12.5 Å². The summed E-state index contributed by atoms with van der Waals surface area (Å²) in [7, 11) is 1.37. The molecule has 29 heavy (non-hydrogen) atoms. The van der Waals surface area contributed by atoms with Gasteiger partial charge in [0.15, 0.2) is 24.1 Å². The Labute approximate surface area is 185 Å². The fourth-order valence-electron chi connectivity index (χ4n) is 2.67. The zero-order valence-corrected chi connectivity index (χ0v) is 18.7. The number of morpholine rings is 1. The molecule has 0 unspecified atom stereocenters. The van der Waals surface area contributed by atoms with Gasteiger partial charge in [-0.1, -0.05) is 6.07 Å². The number of ether oxygens (including phenoxy) is 3. The van der Waals surface area contributed by atoms with Crippen molar-refractivity contribution in [3.63, 3.8) is 0 Å². The maximum Gasteiger partial charge on any atom is 0.422 e. The third kappa shape index (κ3) is 10.2. The first-order valence-electron chi connectivity index (χ1n) is 9.08. The van der Waals surface area contributed by atoms with Crippen LogP contribution in [0.25, 0.3) is 0 Å². The zero-order chi connectivity index (χ0) is 20.4. The molecule has 0 amide bonds. The number of hydrogen-bond donors (Lipinski definition) is 2. The highest BCUT2D eigenvalue weighted by molar-refractivity contribution is 14.0. The third-order valence-electron chi connectivity index (χ3n) is 4.11. The molecule has 0 saturated carbocycles. The van der Waals surface area contributed by atoms with Crippen molar-refractivity contribution >= 4 is 29.9 Å². The van der Waals surface area contributed by atoms with Crippen molar-refractivity contribution in [2.45, 2.75) is 19.1 Å². The minimum absolute atomic E-state index is 0. The lowest BCUT2D eigenvalue weighted by Gasteiger charge is -2.26. The first-order valence-corrected chi connectivity index (χ1v) is 9.08. The Balaban J connectivity index is 0.00000420. The molecule has 3 N–H and O–H groups in total.